The Morgan fingerprint density at radius 1 is 1.92 bits per heavy atom. The van der Waals surface area contributed by atoms with E-state index < -0.39 is 0 Å². The third-order valence-corrected chi connectivity index (χ3v) is 1.65. The molecular formula is C8H11N3S. The molecule has 0 spiro atoms. The van der Waals surface area contributed by atoms with E-state index in [-0.39, 0.29) is 0 Å². The molecule has 0 aliphatic rings. The molecule has 4 heteroatoms. The lowest BCUT2D eigenvalue weighted by atomic mass is 10.4. The molecule has 1 N–H and O–H groups in total. The van der Waals surface area contributed by atoms with Crippen LogP contribution in [0.25, 0.3) is 0 Å². The Morgan fingerprint density at radius 2 is 2.67 bits per heavy atom. The molecule has 0 fully saturated rings. The number of aryl methyl sites for hydroxylation is 1. The smallest absolute Gasteiger partial charge is 0.194 e. The fourth-order valence-electron chi connectivity index (χ4n) is 0.764. The third-order valence-electron chi connectivity index (χ3n) is 1.32. The minimum Gasteiger partial charge on any atom is -0.357 e. The van der Waals surface area contributed by atoms with E-state index in [0.29, 0.717) is 11.7 Å². The molecule has 1 aromatic rings. The van der Waals surface area contributed by atoms with Gasteiger partial charge in [0.2, 0.25) is 0 Å². The first-order chi connectivity index (χ1) is 5.74. The van der Waals surface area contributed by atoms with Crippen LogP contribution in [0, 0.1) is 6.92 Å². The van der Waals surface area contributed by atoms with E-state index in [9.17, 15) is 0 Å². The first kappa shape index (κ1) is 8.93. The molecule has 0 saturated heterocycles. The van der Waals surface area contributed by atoms with Crippen LogP contribution in [-0.2, 0) is 0 Å². The molecule has 0 aromatic carbocycles. The zero-order chi connectivity index (χ0) is 8.97. The summed E-state index contributed by atoms with van der Waals surface area (Å²) in [4.78, 5) is 0. The number of hydrogen-bond acceptors (Lipinski definition) is 2. The quantitative estimate of drug-likeness (QED) is 0.547. The van der Waals surface area contributed by atoms with Crippen molar-refractivity contribution in [3.63, 3.8) is 0 Å². The van der Waals surface area contributed by atoms with Gasteiger partial charge in [-0.2, -0.15) is 5.10 Å². The summed E-state index contributed by atoms with van der Waals surface area (Å²) in [5.74, 6) is 0. The Morgan fingerprint density at radius 3 is 3.17 bits per heavy atom. The third kappa shape index (κ3) is 2.17. The summed E-state index contributed by atoms with van der Waals surface area (Å²) in [6.07, 6.45) is 5.39. The van der Waals surface area contributed by atoms with Crippen molar-refractivity contribution in [3.05, 3.63) is 30.6 Å². The Kier molecular flexibility index (Phi) is 2.99. The Bertz CT molecular complexity index is 290. The van der Waals surface area contributed by atoms with Gasteiger partial charge >= 0.3 is 0 Å². The van der Waals surface area contributed by atoms with E-state index in [1.54, 1.807) is 17.0 Å². The second-order valence-corrected chi connectivity index (χ2v) is 2.82. The predicted molar refractivity (Wildman–Crippen MR) is 53.2 cm³/mol. The summed E-state index contributed by atoms with van der Waals surface area (Å²) in [7, 11) is 0. The Labute approximate surface area is 77.1 Å². The number of nitrogens with zero attached hydrogens (tertiary/aromatic N) is 2. The van der Waals surface area contributed by atoms with E-state index >= 15 is 0 Å². The zero-order valence-electron chi connectivity index (χ0n) is 6.95. The van der Waals surface area contributed by atoms with Gasteiger partial charge in [-0.15, -0.1) is 6.58 Å². The highest BCUT2D eigenvalue weighted by Gasteiger charge is 1.97. The van der Waals surface area contributed by atoms with E-state index in [0.717, 1.165) is 5.56 Å². The fourth-order valence-corrected chi connectivity index (χ4v) is 0.948. The van der Waals surface area contributed by atoms with Crippen molar-refractivity contribution in [3.8, 4) is 0 Å². The van der Waals surface area contributed by atoms with Gasteiger partial charge in [-0.25, -0.2) is 4.68 Å². The molecule has 0 atom stereocenters. The lowest BCUT2D eigenvalue weighted by Gasteiger charge is -2.03. The van der Waals surface area contributed by atoms with Crippen molar-refractivity contribution in [1.29, 1.82) is 0 Å². The molecule has 1 rings (SSSR count). The molecule has 12 heavy (non-hydrogen) atoms. The lowest BCUT2D eigenvalue weighted by Crippen LogP contribution is -2.28. The topological polar surface area (TPSA) is 29.9 Å². The van der Waals surface area contributed by atoms with Crippen molar-refractivity contribution in [2.75, 3.05) is 6.54 Å². The number of hydrogen-bond donors (Lipinski definition) is 1. The highest BCUT2D eigenvalue weighted by Crippen LogP contribution is 1.93. The summed E-state index contributed by atoms with van der Waals surface area (Å²) in [6, 6.07) is 0. The van der Waals surface area contributed by atoms with Crippen LogP contribution < -0.4 is 5.32 Å². The van der Waals surface area contributed by atoms with Gasteiger partial charge in [-0.05, 0) is 24.7 Å². The second kappa shape index (κ2) is 4.01. The number of nitrogens with one attached hydrogen (secondary N) is 1. The van der Waals surface area contributed by atoms with Crippen molar-refractivity contribution >= 4 is 17.3 Å². The average molecular weight is 181 g/mol. The van der Waals surface area contributed by atoms with Crippen LogP contribution in [0.15, 0.2) is 25.0 Å². The number of aromatic nitrogens is 2. The van der Waals surface area contributed by atoms with E-state index in [1.807, 2.05) is 13.1 Å². The zero-order valence-corrected chi connectivity index (χ0v) is 7.77. The largest absolute Gasteiger partial charge is 0.357 e. The molecule has 0 unspecified atom stereocenters. The summed E-state index contributed by atoms with van der Waals surface area (Å²) >= 11 is 5.04. The van der Waals surface area contributed by atoms with Crippen LogP contribution in [0.1, 0.15) is 5.56 Å². The molecule has 0 saturated carbocycles. The van der Waals surface area contributed by atoms with E-state index in [4.69, 9.17) is 12.2 Å². The standard InChI is InChI=1S/C8H11N3S/c1-3-4-9-8(12)11-6-7(2)5-10-11/h3,5-6H,1,4H2,2H3,(H,9,12). The Balaban J connectivity index is 2.59. The van der Waals surface area contributed by atoms with Crippen molar-refractivity contribution in [1.82, 2.24) is 15.1 Å². The van der Waals surface area contributed by atoms with Gasteiger partial charge < -0.3 is 5.32 Å². The molecule has 0 aliphatic carbocycles. The van der Waals surface area contributed by atoms with Crippen molar-refractivity contribution < 1.29 is 0 Å². The van der Waals surface area contributed by atoms with Crippen LogP contribution in [0.4, 0.5) is 0 Å². The normalized spacial score (nSPS) is 9.42. The predicted octanol–water partition coefficient (Wildman–Crippen LogP) is 1.10. The van der Waals surface area contributed by atoms with Crippen LogP contribution in [-0.4, -0.2) is 21.4 Å². The summed E-state index contributed by atoms with van der Waals surface area (Å²) < 4.78 is 1.63. The molecular weight excluding hydrogens is 170 g/mol. The highest BCUT2D eigenvalue weighted by molar-refractivity contribution is 7.80. The molecule has 0 radical (unpaired) electrons. The fraction of sp³-hybridized carbons (Fsp3) is 0.250. The maximum atomic E-state index is 5.04. The van der Waals surface area contributed by atoms with Crippen molar-refractivity contribution in [2.24, 2.45) is 0 Å². The first-order valence-corrected chi connectivity index (χ1v) is 4.05. The molecule has 64 valence electrons. The molecule has 1 heterocycles. The average Bonchev–Trinajstić information content (AvgIpc) is 2.47. The van der Waals surface area contributed by atoms with E-state index in [2.05, 4.69) is 17.0 Å². The maximum Gasteiger partial charge on any atom is 0.194 e. The number of rotatable bonds is 2. The lowest BCUT2D eigenvalue weighted by molar-refractivity contribution is 0.881. The summed E-state index contributed by atoms with van der Waals surface area (Å²) in [5.41, 5.74) is 1.10. The van der Waals surface area contributed by atoms with Gasteiger partial charge in [0.05, 0.1) is 6.20 Å². The molecule has 3 nitrogen and oxygen atoms in total. The Hall–Kier alpha value is -1.16. The number of thiocarbonyl (C=S) groups is 1. The molecule has 0 aliphatic heterocycles. The minimum absolute atomic E-state index is 0.600. The van der Waals surface area contributed by atoms with Gasteiger partial charge in [0.1, 0.15) is 0 Å². The minimum atomic E-state index is 0.600. The SMILES string of the molecule is C=CCNC(=S)n1cc(C)cn1. The highest BCUT2D eigenvalue weighted by atomic mass is 32.1. The second-order valence-electron chi connectivity index (χ2n) is 2.44. The maximum absolute atomic E-state index is 5.04. The van der Waals surface area contributed by atoms with Crippen LogP contribution in [0.2, 0.25) is 0 Å². The van der Waals surface area contributed by atoms with Crippen molar-refractivity contribution in [2.45, 2.75) is 6.92 Å². The van der Waals surface area contributed by atoms with Gasteiger partial charge in [0.25, 0.3) is 0 Å². The summed E-state index contributed by atoms with van der Waals surface area (Å²) in [5, 5.41) is 7.62. The van der Waals surface area contributed by atoms with Gasteiger partial charge in [0, 0.05) is 12.7 Å². The van der Waals surface area contributed by atoms with E-state index in [1.165, 1.54) is 0 Å². The monoisotopic (exact) mass is 181 g/mol. The van der Waals surface area contributed by atoms with Gasteiger partial charge in [-0.3, -0.25) is 0 Å². The van der Waals surface area contributed by atoms with Gasteiger partial charge in [0.15, 0.2) is 5.11 Å². The van der Waals surface area contributed by atoms with Gasteiger partial charge in [-0.1, -0.05) is 6.08 Å². The first-order valence-electron chi connectivity index (χ1n) is 3.64. The van der Waals surface area contributed by atoms with Crippen LogP contribution >= 0.6 is 12.2 Å². The molecule has 0 amide bonds. The molecule has 1 aromatic heterocycles. The van der Waals surface area contributed by atoms with Crippen LogP contribution in [0.3, 0.4) is 0 Å². The molecule has 0 bridgehead atoms. The summed E-state index contributed by atoms with van der Waals surface area (Å²) in [6.45, 7) is 6.22. The van der Waals surface area contributed by atoms with Crippen LogP contribution in [0.5, 0.6) is 0 Å².